The summed E-state index contributed by atoms with van der Waals surface area (Å²) in [5.74, 6) is 0.482. The highest BCUT2D eigenvalue weighted by Crippen LogP contribution is 2.18. The fourth-order valence-corrected chi connectivity index (χ4v) is 1.28. The summed E-state index contributed by atoms with van der Waals surface area (Å²) >= 11 is 8.85. The highest BCUT2D eigenvalue weighted by molar-refractivity contribution is 9.10. The van der Waals surface area contributed by atoms with Gasteiger partial charge in [0.15, 0.2) is 0 Å². The van der Waals surface area contributed by atoms with E-state index in [1.807, 2.05) is 6.07 Å². The number of amides is 1. The molecule has 0 aliphatic rings. The molecule has 1 aromatic rings. The second-order valence-electron chi connectivity index (χ2n) is 2.88. The van der Waals surface area contributed by atoms with Gasteiger partial charge in [0.25, 0.3) is 0 Å². The van der Waals surface area contributed by atoms with E-state index < -0.39 is 0 Å². The second-order valence-corrected chi connectivity index (χ2v) is 4.04. The molecule has 14 heavy (non-hydrogen) atoms. The molecular weight excluding hydrogens is 267 g/mol. The topological polar surface area (TPSA) is 42.0 Å². The van der Waals surface area contributed by atoms with Crippen LogP contribution in [0.4, 0.5) is 5.82 Å². The van der Waals surface area contributed by atoms with Crippen molar-refractivity contribution < 1.29 is 4.79 Å². The van der Waals surface area contributed by atoms with Crippen LogP contribution in [0, 0.1) is 5.92 Å². The van der Waals surface area contributed by atoms with Crippen LogP contribution in [-0.2, 0) is 4.79 Å². The highest BCUT2D eigenvalue weighted by Gasteiger charge is 2.12. The van der Waals surface area contributed by atoms with Gasteiger partial charge in [-0.15, -0.1) is 11.6 Å². The van der Waals surface area contributed by atoms with Gasteiger partial charge in [0.1, 0.15) is 5.82 Å². The third-order valence-electron chi connectivity index (χ3n) is 1.68. The first kappa shape index (κ1) is 11.5. The summed E-state index contributed by atoms with van der Waals surface area (Å²) < 4.78 is 0.759. The molecule has 0 aliphatic heterocycles. The molecule has 1 aromatic heterocycles. The first-order chi connectivity index (χ1) is 6.65. The zero-order valence-corrected chi connectivity index (χ0v) is 9.97. The van der Waals surface area contributed by atoms with E-state index in [2.05, 4.69) is 26.2 Å². The van der Waals surface area contributed by atoms with Crippen molar-refractivity contribution in [2.75, 3.05) is 11.2 Å². The summed E-state index contributed by atoms with van der Waals surface area (Å²) in [7, 11) is 0. The average molecular weight is 278 g/mol. The fourth-order valence-electron chi connectivity index (χ4n) is 0.788. The Kier molecular flexibility index (Phi) is 4.35. The van der Waals surface area contributed by atoms with Gasteiger partial charge in [0.05, 0.1) is 4.47 Å². The third kappa shape index (κ3) is 2.96. The maximum Gasteiger partial charge on any atom is 0.229 e. The van der Waals surface area contributed by atoms with Gasteiger partial charge < -0.3 is 5.32 Å². The van der Waals surface area contributed by atoms with Crippen molar-refractivity contribution in [3.63, 3.8) is 0 Å². The van der Waals surface area contributed by atoms with E-state index >= 15 is 0 Å². The lowest BCUT2D eigenvalue weighted by Crippen LogP contribution is -2.22. The van der Waals surface area contributed by atoms with Crippen LogP contribution in [0.5, 0.6) is 0 Å². The van der Waals surface area contributed by atoms with Gasteiger partial charge in [0.2, 0.25) is 5.91 Å². The SMILES string of the molecule is CC(CCl)C(=O)Nc1ncccc1Br. The van der Waals surface area contributed by atoms with E-state index in [0.29, 0.717) is 11.7 Å². The van der Waals surface area contributed by atoms with Crippen LogP contribution >= 0.6 is 27.5 Å². The molecule has 1 unspecified atom stereocenters. The molecule has 0 spiro atoms. The van der Waals surface area contributed by atoms with E-state index in [1.165, 1.54) is 0 Å². The lowest BCUT2D eigenvalue weighted by molar-refractivity contribution is -0.118. The van der Waals surface area contributed by atoms with Crippen molar-refractivity contribution in [1.29, 1.82) is 0 Å². The predicted molar refractivity (Wildman–Crippen MR) is 60.5 cm³/mol. The maximum absolute atomic E-state index is 11.4. The lowest BCUT2D eigenvalue weighted by atomic mass is 10.2. The Morgan fingerprint density at radius 2 is 2.50 bits per heavy atom. The van der Waals surface area contributed by atoms with Gasteiger partial charge in [-0.3, -0.25) is 4.79 Å². The number of alkyl halides is 1. The van der Waals surface area contributed by atoms with Crippen molar-refractivity contribution in [3.05, 3.63) is 22.8 Å². The number of carbonyl (C=O) groups is 1. The van der Waals surface area contributed by atoms with Crippen LogP contribution in [0.25, 0.3) is 0 Å². The maximum atomic E-state index is 11.4. The highest BCUT2D eigenvalue weighted by atomic mass is 79.9. The van der Waals surface area contributed by atoms with Crippen molar-refractivity contribution in [2.24, 2.45) is 5.92 Å². The van der Waals surface area contributed by atoms with Gasteiger partial charge in [-0.25, -0.2) is 4.98 Å². The number of hydrogen-bond donors (Lipinski definition) is 1. The molecule has 1 amide bonds. The van der Waals surface area contributed by atoms with E-state index in [4.69, 9.17) is 11.6 Å². The number of pyridine rings is 1. The van der Waals surface area contributed by atoms with Gasteiger partial charge in [-0.1, -0.05) is 6.92 Å². The number of hydrogen-bond acceptors (Lipinski definition) is 2. The second kappa shape index (κ2) is 5.32. The summed E-state index contributed by atoms with van der Waals surface area (Å²) in [5.41, 5.74) is 0. The zero-order chi connectivity index (χ0) is 10.6. The van der Waals surface area contributed by atoms with Gasteiger partial charge >= 0.3 is 0 Å². The Balaban J connectivity index is 2.70. The van der Waals surface area contributed by atoms with E-state index in [-0.39, 0.29) is 11.8 Å². The molecule has 0 saturated carbocycles. The molecule has 0 bridgehead atoms. The summed E-state index contributed by atoms with van der Waals surface area (Å²) in [6.45, 7) is 1.76. The number of carbonyl (C=O) groups excluding carboxylic acids is 1. The molecule has 0 fully saturated rings. The molecule has 0 aliphatic carbocycles. The molecule has 5 heteroatoms. The molecule has 1 atom stereocenters. The van der Waals surface area contributed by atoms with E-state index in [9.17, 15) is 4.79 Å². The fraction of sp³-hybridized carbons (Fsp3) is 0.333. The minimum absolute atomic E-state index is 0.126. The van der Waals surface area contributed by atoms with Crippen LogP contribution < -0.4 is 5.32 Å². The lowest BCUT2D eigenvalue weighted by Gasteiger charge is -2.09. The molecule has 76 valence electrons. The number of rotatable bonds is 3. The summed E-state index contributed by atoms with van der Waals surface area (Å²) in [5, 5.41) is 2.68. The van der Waals surface area contributed by atoms with Crippen molar-refractivity contribution in [2.45, 2.75) is 6.92 Å². The molecule has 1 rings (SSSR count). The molecule has 0 radical (unpaired) electrons. The van der Waals surface area contributed by atoms with Crippen LogP contribution in [0.2, 0.25) is 0 Å². The number of nitrogens with one attached hydrogen (secondary N) is 1. The first-order valence-corrected chi connectivity index (χ1v) is 5.45. The Bertz CT molecular complexity index is 332. The van der Waals surface area contributed by atoms with E-state index in [1.54, 1.807) is 19.2 Å². The zero-order valence-electron chi connectivity index (χ0n) is 7.63. The predicted octanol–water partition coefficient (Wildman–Crippen LogP) is 2.66. The third-order valence-corrected chi connectivity index (χ3v) is 2.78. The van der Waals surface area contributed by atoms with Gasteiger partial charge in [-0.2, -0.15) is 0 Å². The monoisotopic (exact) mass is 276 g/mol. The Morgan fingerprint density at radius 1 is 1.79 bits per heavy atom. The van der Waals surface area contributed by atoms with Crippen LogP contribution in [0.15, 0.2) is 22.8 Å². The van der Waals surface area contributed by atoms with Crippen LogP contribution in [0.3, 0.4) is 0 Å². The summed E-state index contributed by atoms with van der Waals surface area (Å²) in [6, 6.07) is 3.60. The number of nitrogens with zero attached hydrogens (tertiary/aromatic N) is 1. The Morgan fingerprint density at radius 3 is 3.07 bits per heavy atom. The number of halogens is 2. The number of anilines is 1. The van der Waals surface area contributed by atoms with Crippen molar-refractivity contribution >= 4 is 39.3 Å². The minimum atomic E-state index is -0.217. The Hall–Kier alpha value is -0.610. The standard InChI is InChI=1S/C9H10BrClN2O/c1-6(5-11)9(14)13-8-7(10)3-2-4-12-8/h2-4,6H,5H2,1H3,(H,12,13,14). The average Bonchev–Trinajstić information content (AvgIpc) is 2.20. The first-order valence-electron chi connectivity index (χ1n) is 4.12. The smallest absolute Gasteiger partial charge is 0.229 e. The number of aromatic nitrogens is 1. The molecule has 1 heterocycles. The normalized spacial score (nSPS) is 12.2. The molecule has 3 nitrogen and oxygen atoms in total. The Labute approximate surface area is 96.0 Å². The van der Waals surface area contributed by atoms with Crippen LogP contribution in [-0.4, -0.2) is 16.8 Å². The van der Waals surface area contributed by atoms with Gasteiger partial charge in [-0.05, 0) is 28.1 Å². The van der Waals surface area contributed by atoms with E-state index in [0.717, 1.165) is 4.47 Å². The molecular formula is C9H10BrClN2O. The van der Waals surface area contributed by atoms with Crippen LogP contribution in [0.1, 0.15) is 6.92 Å². The largest absolute Gasteiger partial charge is 0.309 e. The quantitative estimate of drug-likeness (QED) is 0.863. The van der Waals surface area contributed by atoms with Gasteiger partial charge in [0, 0.05) is 18.0 Å². The molecule has 1 N–H and O–H groups in total. The van der Waals surface area contributed by atoms with Crippen molar-refractivity contribution in [3.8, 4) is 0 Å². The molecule has 0 aromatic carbocycles. The summed E-state index contributed by atoms with van der Waals surface area (Å²) in [6.07, 6.45) is 1.62. The summed E-state index contributed by atoms with van der Waals surface area (Å²) in [4.78, 5) is 15.5. The van der Waals surface area contributed by atoms with Crippen molar-refractivity contribution in [1.82, 2.24) is 4.98 Å². The molecule has 0 saturated heterocycles. The minimum Gasteiger partial charge on any atom is -0.309 e.